The largest absolute Gasteiger partial charge is 0.477 e. The van der Waals surface area contributed by atoms with Crippen molar-refractivity contribution in [2.24, 2.45) is 7.05 Å². The summed E-state index contributed by atoms with van der Waals surface area (Å²) in [5.41, 5.74) is -0.224. The SMILES string of the molecule is Cn1ncc(C(=O)Nc2ccc(Cl)cn2)c1C(=O)O. The first-order valence-corrected chi connectivity index (χ1v) is 5.55. The van der Waals surface area contributed by atoms with Crippen LogP contribution in [0.15, 0.2) is 24.5 Å². The highest BCUT2D eigenvalue weighted by Gasteiger charge is 2.21. The molecule has 0 spiro atoms. The van der Waals surface area contributed by atoms with Crippen molar-refractivity contribution in [2.75, 3.05) is 5.32 Å². The van der Waals surface area contributed by atoms with E-state index in [9.17, 15) is 9.59 Å². The number of carboxylic acids is 1. The first-order valence-electron chi connectivity index (χ1n) is 5.17. The third kappa shape index (κ3) is 2.71. The molecule has 1 amide bonds. The minimum absolute atomic E-state index is 0.0354. The number of carboxylic acid groups (broad SMARTS) is 1. The number of hydrogen-bond donors (Lipinski definition) is 2. The molecule has 0 atom stereocenters. The molecular weight excluding hydrogens is 272 g/mol. The lowest BCUT2D eigenvalue weighted by Crippen LogP contribution is -2.17. The summed E-state index contributed by atoms with van der Waals surface area (Å²) < 4.78 is 1.12. The number of carbonyl (C=O) groups is 2. The molecule has 98 valence electrons. The molecule has 0 saturated heterocycles. The summed E-state index contributed by atoms with van der Waals surface area (Å²) in [5, 5.41) is 15.7. The number of amides is 1. The van der Waals surface area contributed by atoms with Gasteiger partial charge >= 0.3 is 5.97 Å². The minimum Gasteiger partial charge on any atom is -0.477 e. The highest BCUT2D eigenvalue weighted by Crippen LogP contribution is 2.13. The van der Waals surface area contributed by atoms with Crippen molar-refractivity contribution in [3.63, 3.8) is 0 Å². The molecular formula is C11H9ClN4O3. The second-order valence-corrected chi connectivity index (χ2v) is 4.09. The minimum atomic E-state index is -1.23. The molecule has 2 aromatic rings. The van der Waals surface area contributed by atoms with Crippen molar-refractivity contribution < 1.29 is 14.7 Å². The van der Waals surface area contributed by atoms with Gasteiger partial charge in [-0.2, -0.15) is 5.10 Å². The molecule has 0 saturated carbocycles. The highest BCUT2D eigenvalue weighted by atomic mass is 35.5. The topological polar surface area (TPSA) is 97.1 Å². The molecule has 0 aliphatic carbocycles. The van der Waals surface area contributed by atoms with Crippen LogP contribution in [-0.4, -0.2) is 31.7 Å². The van der Waals surface area contributed by atoms with Gasteiger partial charge in [-0.25, -0.2) is 9.78 Å². The lowest BCUT2D eigenvalue weighted by molar-refractivity contribution is 0.0680. The second kappa shape index (κ2) is 5.07. The second-order valence-electron chi connectivity index (χ2n) is 3.65. The molecule has 0 aromatic carbocycles. The molecule has 0 radical (unpaired) electrons. The molecule has 0 unspecified atom stereocenters. The summed E-state index contributed by atoms with van der Waals surface area (Å²) in [6.45, 7) is 0. The zero-order valence-electron chi connectivity index (χ0n) is 9.79. The summed E-state index contributed by atoms with van der Waals surface area (Å²) in [6.07, 6.45) is 2.56. The van der Waals surface area contributed by atoms with Gasteiger partial charge in [-0.1, -0.05) is 11.6 Å². The van der Waals surface area contributed by atoms with Crippen LogP contribution in [0, 0.1) is 0 Å². The Balaban J connectivity index is 2.25. The van der Waals surface area contributed by atoms with Crippen molar-refractivity contribution >= 4 is 29.3 Å². The van der Waals surface area contributed by atoms with E-state index in [0.29, 0.717) is 5.02 Å². The van der Waals surface area contributed by atoms with Gasteiger partial charge in [0.25, 0.3) is 5.91 Å². The number of aromatic carboxylic acids is 1. The number of hydrogen-bond acceptors (Lipinski definition) is 4. The number of anilines is 1. The Hall–Kier alpha value is -2.41. The summed E-state index contributed by atoms with van der Waals surface area (Å²) in [6, 6.07) is 3.07. The number of nitrogens with zero attached hydrogens (tertiary/aromatic N) is 3. The molecule has 0 fully saturated rings. The van der Waals surface area contributed by atoms with Gasteiger partial charge in [0.1, 0.15) is 5.82 Å². The van der Waals surface area contributed by atoms with E-state index in [2.05, 4.69) is 15.4 Å². The molecule has 7 nitrogen and oxygen atoms in total. The van der Waals surface area contributed by atoms with Crippen molar-refractivity contribution in [1.82, 2.24) is 14.8 Å². The molecule has 0 bridgehead atoms. The zero-order valence-corrected chi connectivity index (χ0v) is 10.5. The molecule has 19 heavy (non-hydrogen) atoms. The molecule has 2 heterocycles. The van der Waals surface area contributed by atoms with Crippen LogP contribution in [0.1, 0.15) is 20.8 Å². The Bertz CT molecular complexity index is 636. The maximum absolute atomic E-state index is 11.9. The number of halogens is 1. The van der Waals surface area contributed by atoms with Crippen molar-refractivity contribution in [2.45, 2.75) is 0 Å². The van der Waals surface area contributed by atoms with Crippen LogP contribution in [-0.2, 0) is 7.05 Å². The predicted molar refractivity (Wildman–Crippen MR) is 67.4 cm³/mol. The lowest BCUT2D eigenvalue weighted by Gasteiger charge is -2.04. The maximum Gasteiger partial charge on any atom is 0.354 e. The van der Waals surface area contributed by atoms with E-state index >= 15 is 0 Å². The standard InChI is InChI=1S/C11H9ClN4O3/c1-16-9(11(18)19)7(5-14-16)10(17)15-8-3-2-6(12)4-13-8/h2-5H,1H3,(H,18,19)(H,13,15,17). The van der Waals surface area contributed by atoms with Crippen LogP contribution in [0.5, 0.6) is 0 Å². The quantitative estimate of drug-likeness (QED) is 0.886. The average molecular weight is 281 g/mol. The van der Waals surface area contributed by atoms with Gasteiger partial charge in [-0.05, 0) is 12.1 Å². The number of aromatic nitrogens is 3. The van der Waals surface area contributed by atoms with Crippen LogP contribution in [0.25, 0.3) is 0 Å². The number of carbonyl (C=O) groups excluding carboxylic acids is 1. The van der Waals surface area contributed by atoms with Crippen molar-refractivity contribution in [3.8, 4) is 0 Å². The van der Waals surface area contributed by atoms with Crippen LogP contribution < -0.4 is 5.32 Å². The molecule has 2 rings (SSSR count). The monoisotopic (exact) mass is 280 g/mol. The smallest absolute Gasteiger partial charge is 0.354 e. The molecule has 8 heteroatoms. The summed E-state index contributed by atoms with van der Waals surface area (Å²) in [5.74, 6) is -1.55. The lowest BCUT2D eigenvalue weighted by atomic mass is 10.2. The Morgan fingerprint density at radius 1 is 1.37 bits per heavy atom. The van der Waals surface area contributed by atoms with Gasteiger partial charge in [0.2, 0.25) is 0 Å². The molecule has 0 aliphatic heterocycles. The first-order chi connectivity index (χ1) is 8.99. The molecule has 0 aliphatic rings. The van der Waals surface area contributed by atoms with Crippen LogP contribution in [0.2, 0.25) is 5.02 Å². The van der Waals surface area contributed by atoms with Gasteiger partial charge in [0.05, 0.1) is 16.8 Å². The van der Waals surface area contributed by atoms with E-state index in [0.717, 1.165) is 4.68 Å². The average Bonchev–Trinajstić information content (AvgIpc) is 2.74. The van der Waals surface area contributed by atoms with E-state index in [1.165, 1.54) is 25.5 Å². The van der Waals surface area contributed by atoms with Crippen LogP contribution in [0.4, 0.5) is 5.82 Å². The van der Waals surface area contributed by atoms with Crippen LogP contribution in [0.3, 0.4) is 0 Å². The van der Waals surface area contributed by atoms with Gasteiger partial charge in [-0.3, -0.25) is 9.48 Å². The predicted octanol–water partition coefficient (Wildman–Crippen LogP) is 1.42. The van der Waals surface area contributed by atoms with Gasteiger partial charge in [0, 0.05) is 13.2 Å². The van der Waals surface area contributed by atoms with E-state index in [4.69, 9.17) is 16.7 Å². The van der Waals surface area contributed by atoms with E-state index in [1.807, 2.05) is 0 Å². The Labute approximate surface area is 112 Å². The normalized spacial score (nSPS) is 10.2. The highest BCUT2D eigenvalue weighted by molar-refractivity contribution is 6.30. The fourth-order valence-corrected chi connectivity index (χ4v) is 1.60. The Morgan fingerprint density at radius 2 is 2.11 bits per heavy atom. The van der Waals surface area contributed by atoms with Gasteiger partial charge in [-0.15, -0.1) is 0 Å². The van der Waals surface area contributed by atoms with E-state index in [1.54, 1.807) is 6.07 Å². The molecule has 2 aromatic heterocycles. The Kier molecular flexibility index (Phi) is 3.48. The van der Waals surface area contributed by atoms with Crippen molar-refractivity contribution in [3.05, 3.63) is 40.8 Å². The third-order valence-corrected chi connectivity index (χ3v) is 2.58. The third-order valence-electron chi connectivity index (χ3n) is 2.35. The van der Waals surface area contributed by atoms with Gasteiger partial charge in [0.15, 0.2) is 5.69 Å². The molecule has 2 N–H and O–H groups in total. The number of rotatable bonds is 3. The first kappa shape index (κ1) is 13.0. The number of pyridine rings is 1. The Morgan fingerprint density at radius 3 is 2.68 bits per heavy atom. The summed E-state index contributed by atoms with van der Waals surface area (Å²) in [4.78, 5) is 26.9. The number of aryl methyl sites for hydroxylation is 1. The zero-order chi connectivity index (χ0) is 14.0. The summed E-state index contributed by atoms with van der Waals surface area (Å²) >= 11 is 5.67. The van der Waals surface area contributed by atoms with Crippen LogP contribution >= 0.6 is 11.6 Å². The fraction of sp³-hybridized carbons (Fsp3) is 0.0909. The van der Waals surface area contributed by atoms with E-state index < -0.39 is 11.9 Å². The maximum atomic E-state index is 11.9. The fourth-order valence-electron chi connectivity index (χ4n) is 1.49. The van der Waals surface area contributed by atoms with E-state index in [-0.39, 0.29) is 17.1 Å². The van der Waals surface area contributed by atoms with Gasteiger partial charge < -0.3 is 10.4 Å². The summed E-state index contributed by atoms with van der Waals surface area (Å²) in [7, 11) is 1.45. The number of nitrogens with one attached hydrogen (secondary N) is 1. The van der Waals surface area contributed by atoms with Crippen molar-refractivity contribution in [1.29, 1.82) is 0 Å².